The van der Waals surface area contributed by atoms with Gasteiger partial charge in [0, 0.05) is 12.1 Å². The summed E-state index contributed by atoms with van der Waals surface area (Å²) >= 11 is 0. The highest BCUT2D eigenvalue weighted by atomic mass is 16.5. The van der Waals surface area contributed by atoms with Gasteiger partial charge in [0.05, 0.1) is 12.2 Å². The molecule has 0 saturated heterocycles. The van der Waals surface area contributed by atoms with Gasteiger partial charge in [-0.3, -0.25) is 4.79 Å². The van der Waals surface area contributed by atoms with Gasteiger partial charge in [0.25, 0.3) is 5.91 Å². The fourth-order valence-corrected chi connectivity index (χ4v) is 1.79. The molecular weight excluding hydrogens is 240 g/mol. The normalized spacial score (nSPS) is 11.2. The van der Waals surface area contributed by atoms with E-state index in [9.17, 15) is 4.79 Å². The third kappa shape index (κ3) is 4.24. The summed E-state index contributed by atoms with van der Waals surface area (Å²) in [5.41, 5.74) is 6.39. The van der Waals surface area contributed by atoms with Crippen molar-refractivity contribution in [3.8, 4) is 5.75 Å². The maximum atomic E-state index is 12.2. The molecule has 0 unspecified atom stereocenters. The maximum absolute atomic E-state index is 12.2. The Kier molecular flexibility index (Phi) is 5.83. The zero-order valence-electron chi connectivity index (χ0n) is 12.0. The van der Waals surface area contributed by atoms with Crippen molar-refractivity contribution in [1.82, 2.24) is 5.32 Å². The van der Waals surface area contributed by atoms with Gasteiger partial charge in [-0.05, 0) is 31.9 Å². The summed E-state index contributed by atoms with van der Waals surface area (Å²) in [5.74, 6) is 0.471. The lowest BCUT2D eigenvalue weighted by Crippen LogP contribution is -2.49. The number of carbonyl (C=O) groups excluding carboxylic acids is 1. The minimum Gasteiger partial charge on any atom is -0.493 e. The Balaban J connectivity index is 2.73. The highest BCUT2D eigenvalue weighted by molar-refractivity contribution is 5.96. The number of nitrogens with two attached hydrogens (primary N) is 1. The Labute approximate surface area is 115 Å². The van der Waals surface area contributed by atoms with E-state index in [0.717, 1.165) is 12.8 Å². The molecule has 0 aliphatic rings. The second-order valence-corrected chi connectivity index (χ2v) is 4.68. The van der Waals surface area contributed by atoms with E-state index in [1.165, 1.54) is 0 Å². The van der Waals surface area contributed by atoms with Gasteiger partial charge in [0.15, 0.2) is 0 Å². The predicted molar refractivity (Wildman–Crippen MR) is 77.4 cm³/mol. The quantitative estimate of drug-likeness (QED) is 0.794. The molecule has 0 heterocycles. The first kappa shape index (κ1) is 15.5. The maximum Gasteiger partial charge on any atom is 0.255 e. The molecule has 19 heavy (non-hydrogen) atoms. The zero-order chi connectivity index (χ0) is 14.3. The topological polar surface area (TPSA) is 64.3 Å². The van der Waals surface area contributed by atoms with Crippen molar-refractivity contribution in [3.63, 3.8) is 0 Å². The Bertz CT molecular complexity index is 414. The van der Waals surface area contributed by atoms with Crippen molar-refractivity contribution in [3.05, 3.63) is 29.8 Å². The minimum absolute atomic E-state index is 0.138. The van der Waals surface area contributed by atoms with Crippen molar-refractivity contribution in [2.24, 2.45) is 5.73 Å². The van der Waals surface area contributed by atoms with Gasteiger partial charge in [0.1, 0.15) is 5.75 Å². The number of hydrogen-bond acceptors (Lipinski definition) is 3. The number of hydrogen-bond donors (Lipinski definition) is 2. The summed E-state index contributed by atoms with van der Waals surface area (Å²) in [6, 6.07) is 7.24. The molecule has 0 aliphatic heterocycles. The molecule has 1 aromatic rings. The molecule has 0 saturated carbocycles. The lowest BCUT2D eigenvalue weighted by molar-refractivity contribution is 0.0938. The number of para-hydroxylation sites is 1. The van der Waals surface area contributed by atoms with Gasteiger partial charge in [-0.25, -0.2) is 0 Å². The van der Waals surface area contributed by atoms with Gasteiger partial charge < -0.3 is 15.8 Å². The van der Waals surface area contributed by atoms with E-state index >= 15 is 0 Å². The third-order valence-corrected chi connectivity index (χ3v) is 3.44. The summed E-state index contributed by atoms with van der Waals surface area (Å²) in [6.45, 7) is 6.97. The molecule has 4 heteroatoms. The van der Waals surface area contributed by atoms with Crippen LogP contribution in [0.3, 0.4) is 0 Å². The SMILES string of the molecule is CCOc1ccccc1C(=O)NCC(N)(CC)CC. The van der Waals surface area contributed by atoms with Crippen LogP contribution in [0.5, 0.6) is 5.75 Å². The first-order chi connectivity index (χ1) is 9.06. The molecule has 106 valence electrons. The smallest absolute Gasteiger partial charge is 0.255 e. The van der Waals surface area contributed by atoms with Crippen molar-refractivity contribution in [2.75, 3.05) is 13.2 Å². The van der Waals surface area contributed by atoms with Gasteiger partial charge in [-0.2, -0.15) is 0 Å². The van der Waals surface area contributed by atoms with Crippen molar-refractivity contribution in [2.45, 2.75) is 39.2 Å². The average Bonchev–Trinajstić information content (AvgIpc) is 2.45. The molecule has 0 spiro atoms. The molecule has 4 nitrogen and oxygen atoms in total. The van der Waals surface area contributed by atoms with Crippen LogP contribution in [0.25, 0.3) is 0 Å². The molecular formula is C15H24N2O2. The van der Waals surface area contributed by atoms with E-state index in [1.807, 2.05) is 32.9 Å². The van der Waals surface area contributed by atoms with Crippen LogP contribution in [0, 0.1) is 0 Å². The number of benzene rings is 1. The highest BCUT2D eigenvalue weighted by Crippen LogP contribution is 2.18. The molecule has 0 radical (unpaired) electrons. The van der Waals surface area contributed by atoms with Crippen LogP contribution in [0.15, 0.2) is 24.3 Å². The highest BCUT2D eigenvalue weighted by Gasteiger charge is 2.22. The van der Waals surface area contributed by atoms with Crippen molar-refractivity contribution >= 4 is 5.91 Å². The van der Waals surface area contributed by atoms with E-state index in [1.54, 1.807) is 12.1 Å². The van der Waals surface area contributed by atoms with Crippen molar-refractivity contribution in [1.29, 1.82) is 0 Å². The molecule has 0 fully saturated rings. The van der Waals surface area contributed by atoms with Crippen LogP contribution >= 0.6 is 0 Å². The molecule has 1 aromatic carbocycles. The summed E-state index contributed by atoms with van der Waals surface area (Å²) in [4.78, 5) is 12.2. The first-order valence-electron chi connectivity index (χ1n) is 6.85. The largest absolute Gasteiger partial charge is 0.493 e. The summed E-state index contributed by atoms with van der Waals surface area (Å²) in [5, 5.41) is 2.90. The third-order valence-electron chi connectivity index (χ3n) is 3.44. The van der Waals surface area contributed by atoms with Crippen LogP contribution < -0.4 is 15.8 Å². The summed E-state index contributed by atoms with van der Waals surface area (Å²) < 4.78 is 5.45. The van der Waals surface area contributed by atoms with Gasteiger partial charge in [0.2, 0.25) is 0 Å². The molecule has 1 amide bonds. The van der Waals surface area contributed by atoms with Crippen LogP contribution in [-0.2, 0) is 0 Å². The summed E-state index contributed by atoms with van der Waals surface area (Å²) in [7, 11) is 0. The Morgan fingerprint density at radius 1 is 1.26 bits per heavy atom. The minimum atomic E-state index is -0.337. The van der Waals surface area contributed by atoms with Crippen molar-refractivity contribution < 1.29 is 9.53 Å². The van der Waals surface area contributed by atoms with Crippen LogP contribution in [0.1, 0.15) is 44.0 Å². The Hall–Kier alpha value is -1.55. The fraction of sp³-hybridized carbons (Fsp3) is 0.533. The Morgan fingerprint density at radius 3 is 2.47 bits per heavy atom. The number of nitrogens with one attached hydrogen (secondary N) is 1. The first-order valence-corrected chi connectivity index (χ1v) is 6.85. The van der Waals surface area contributed by atoms with Crippen LogP contribution in [-0.4, -0.2) is 24.6 Å². The monoisotopic (exact) mass is 264 g/mol. The van der Waals surface area contributed by atoms with Crippen LogP contribution in [0.4, 0.5) is 0 Å². The molecule has 3 N–H and O–H groups in total. The zero-order valence-corrected chi connectivity index (χ0v) is 12.0. The van der Waals surface area contributed by atoms with E-state index in [2.05, 4.69) is 5.32 Å². The average molecular weight is 264 g/mol. The number of ether oxygens (including phenoxy) is 1. The van der Waals surface area contributed by atoms with E-state index in [0.29, 0.717) is 24.5 Å². The fourth-order valence-electron chi connectivity index (χ4n) is 1.79. The van der Waals surface area contributed by atoms with Crippen LogP contribution in [0.2, 0.25) is 0 Å². The molecule has 1 rings (SSSR count). The van der Waals surface area contributed by atoms with Gasteiger partial charge in [-0.15, -0.1) is 0 Å². The van der Waals surface area contributed by atoms with E-state index in [-0.39, 0.29) is 11.4 Å². The van der Waals surface area contributed by atoms with Gasteiger partial charge >= 0.3 is 0 Å². The molecule has 0 bridgehead atoms. The molecule has 0 aromatic heterocycles. The number of carbonyl (C=O) groups is 1. The predicted octanol–water partition coefficient (Wildman–Crippen LogP) is 2.33. The lowest BCUT2D eigenvalue weighted by Gasteiger charge is -2.27. The standard InChI is InChI=1S/C15H24N2O2/c1-4-15(16,5-2)11-17-14(18)12-9-7-8-10-13(12)19-6-3/h7-10H,4-6,11,16H2,1-3H3,(H,17,18). The number of amides is 1. The molecule has 0 atom stereocenters. The van der Waals surface area contributed by atoms with Gasteiger partial charge in [-0.1, -0.05) is 26.0 Å². The Morgan fingerprint density at radius 2 is 1.89 bits per heavy atom. The summed E-state index contributed by atoms with van der Waals surface area (Å²) in [6.07, 6.45) is 1.66. The van der Waals surface area contributed by atoms with E-state index < -0.39 is 0 Å². The van der Waals surface area contributed by atoms with E-state index in [4.69, 9.17) is 10.5 Å². The number of rotatable bonds is 7. The second kappa shape index (κ2) is 7.14. The lowest BCUT2D eigenvalue weighted by atomic mass is 9.94. The molecule has 0 aliphatic carbocycles. The second-order valence-electron chi connectivity index (χ2n) is 4.68.